The smallest absolute Gasteiger partial charge is 0.243 e. The van der Waals surface area contributed by atoms with Crippen molar-refractivity contribution >= 4 is 12.1 Å². The van der Waals surface area contributed by atoms with Crippen molar-refractivity contribution in [2.75, 3.05) is 46.4 Å². The molecule has 0 aromatic heterocycles. The van der Waals surface area contributed by atoms with Gasteiger partial charge in [-0.15, -0.1) is 0 Å². The van der Waals surface area contributed by atoms with E-state index in [2.05, 4.69) is 22.7 Å². The lowest BCUT2D eigenvalue weighted by molar-refractivity contribution is -0.499. The van der Waals surface area contributed by atoms with Gasteiger partial charge in [-0.05, 0) is 25.8 Å². The van der Waals surface area contributed by atoms with Crippen molar-refractivity contribution in [3.05, 3.63) is 0 Å². The van der Waals surface area contributed by atoms with Gasteiger partial charge >= 0.3 is 0 Å². The molecule has 0 saturated heterocycles. The lowest BCUT2D eigenvalue weighted by Gasteiger charge is -2.21. The second kappa shape index (κ2) is 8.20. The SMILES string of the molecule is C[N+]1=CCN(CCCCCOCC(N)=O)CC1. The summed E-state index contributed by atoms with van der Waals surface area (Å²) in [5.74, 6) is -0.391. The molecule has 0 fully saturated rings. The van der Waals surface area contributed by atoms with Gasteiger partial charge in [-0.1, -0.05) is 0 Å². The minimum absolute atomic E-state index is 0.0490. The highest BCUT2D eigenvalue weighted by Gasteiger charge is 2.12. The van der Waals surface area contributed by atoms with Crippen LogP contribution in [-0.4, -0.2) is 68.0 Å². The Morgan fingerprint density at radius 2 is 2.29 bits per heavy atom. The van der Waals surface area contributed by atoms with Crippen molar-refractivity contribution < 1.29 is 14.1 Å². The Balaban J connectivity index is 1.89. The highest BCUT2D eigenvalue weighted by molar-refractivity contribution is 5.74. The van der Waals surface area contributed by atoms with Crippen molar-refractivity contribution in [2.45, 2.75) is 19.3 Å². The zero-order valence-electron chi connectivity index (χ0n) is 10.7. The first-order valence-corrected chi connectivity index (χ1v) is 6.30. The molecule has 0 aliphatic carbocycles. The van der Waals surface area contributed by atoms with Gasteiger partial charge in [-0.25, -0.2) is 4.58 Å². The van der Waals surface area contributed by atoms with Crippen molar-refractivity contribution in [2.24, 2.45) is 5.73 Å². The Kier molecular flexibility index (Phi) is 6.81. The maximum Gasteiger partial charge on any atom is 0.243 e. The number of primary amides is 1. The summed E-state index contributed by atoms with van der Waals surface area (Å²) in [7, 11) is 2.12. The number of nitrogens with zero attached hydrogens (tertiary/aromatic N) is 2. The Morgan fingerprint density at radius 1 is 1.47 bits per heavy atom. The minimum Gasteiger partial charge on any atom is -0.372 e. The predicted octanol–water partition coefficient (Wildman–Crippen LogP) is -0.313. The molecule has 1 aliphatic rings. The van der Waals surface area contributed by atoms with Gasteiger partial charge in [0.05, 0.1) is 13.1 Å². The van der Waals surface area contributed by atoms with Gasteiger partial charge in [-0.2, -0.15) is 0 Å². The fraction of sp³-hybridized carbons (Fsp3) is 0.833. The topological polar surface area (TPSA) is 58.6 Å². The maximum atomic E-state index is 10.4. The average molecular weight is 242 g/mol. The van der Waals surface area contributed by atoms with Crippen LogP contribution in [0.15, 0.2) is 0 Å². The fourth-order valence-electron chi connectivity index (χ4n) is 1.83. The van der Waals surface area contributed by atoms with Crippen LogP contribution >= 0.6 is 0 Å². The van der Waals surface area contributed by atoms with E-state index < -0.39 is 5.91 Å². The van der Waals surface area contributed by atoms with E-state index in [1.165, 1.54) is 6.42 Å². The van der Waals surface area contributed by atoms with Crippen LogP contribution in [0.1, 0.15) is 19.3 Å². The molecule has 0 aromatic carbocycles. The molecule has 0 atom stereocenters. The van der Waals surface area contributed by atoms with Crippen molar-refractivity contribution in [1.29, 1.82) is 0 Å². The molecule has 1 amide bonds. The number of carbonyl (C=O) groups is 1. The highest BCUT2D eigenvalue weighted by Crippen LogP contribution is 2.00. The van der Waals surface area contributed by atoms with E-state index in [1.54, 1.807) is 0 Å². The minimum atomic E-state index is -0.391. The largest absolute Gasteiger partial charge is 0.372 e. The number of hydrogen-bond donors (Lipinski definition) is 1. The van der Waals surface area contributed by atoms with Gasteiger partial charge in [0, 0.05) is 6.61 Å². The highest BCUT2D eigenvalue weighted by atomic mass is 16.5. The molecule has 0 aromatic rings. The van der Waals surface area contributed by atoms with Gasteiger partial charge < -0.3 is 10.5 Å². The molecule has 0 radical (unpaired) electrons. The standard InChI is InChI=1S/C12H23N3O2/c1-14-6-8-15(9-7-14)5-3-2-4-10-17-11-12(13)16/h6H,2-5,7-11H2,1H3,(H-,13,16)/p+1. The van der Waals surface area contributed by atoms with Crippen LogP contribution in [0.4, 0.5) is 0 Å². The van der Waals surface area contributed by atoms with E-state index in [1.807, 2.05) is 0 Å². The molecule has 17 heavy (non-hydrogen) atoms. The molecule has 1 aliphatic heterocycles. The molecule has 1 heterocycles. The Bertz CT molecular complexity index is 266. The van der Waals surface area contributed by atoms with Crippen LogP contribution in [-0.2, 0) is 9.53 Å². The molecular weight excluding hydrogens is 218 g/mol. The van der Waals surface area contributed by atoms with Crippen LogP contribution in [0, 0.1) is 0 Å². The van der Waals surface area contributed by atoms with Gasteiger partial charge in [0.2, 0.25) is 5.91 Å². The molecule has 5 heteroatoms. The predicted molar refractivity (Wildman–Crippen MR) is 67.4 cm³/mol. The third-order valence-electron chi connectivity index (χ3n) is 2.93. The summed E-state index contributed by atoms with van der Waals surface area (Å²) in [6, 6.07) is 0. The maximum absolute atomic E-state index is 10.4. The van der Waals surface area contributed by atoms with Crippen LogP contribution in [0.2, 0.25) is 0 Å². The second-order valence-electron chi connectivity index (χ2n) is 4.54. The van der Waals surface area contributed by atoms with E-state index in [0.29, 0.717) is 6.61 Å². The van der Waals surface area contributed by atoms with Gasteiger partial charge in [-0.3, -0.25) is 9.69 Å². The number of nitrogens with two attached hydrogens (primary N) is 1. The van der Waals surface area contributed by atoms with Gasteiger partial charge in [0.1, 0.15) is 13.7 Å². The number of amides is 1. The van der Waals surface area contributed by atoms with E-state index in [4.69, 9.17) is 10.5 Å². The summed E-state index contributed by atoms with van der Waals surface area (Å²) in [5.41, 5.74) is 4.96. The zero-order chi connectivity index (χ0) is 12.5. The Hall–Kier alpha value is -0.940. The Labute approximate surface area is 103 Å². The number of unbranched alkanes of at least 4 members (excludes halogenated alkanes) is 2. The third-order valence-corrected chi connectivity index (χ3v) is 2.93. The molecule has 0 unspecified atom stereocenters. The lowest BCUT2D eigenvalue weighted by atomic mass is 10.2. The fourth-order valence-corrected chi connectivity index (χ4v) is 1.83. The number of rotatable bonds is 8. The summed E-state index contributed by atoms with van der Waals surface area (Å²) >= 11 is 0. The molecule has 1 rings (SSSR count). The second-order valence-corrected chi connectivity index (χ2v) is 4.54. The molecule has 0 saturated carbocycles. The number of ether oxygens (including phenoxy) is 1. The normalized spacial score (nSPS) is 16.9. The summed E-state index contributed by atoms with van der Waals surface area (Å²) in [4.78, 5) is 12.9. The van der Waals surface area contributed by atoms with Gasteiger partial charge in [0.15, 0.2) is 12.8 Å². The number of likely N-dealkylation sites (N-methyl/N-ethyl adjacent to an activating group) is 1. The summed E-state index contributed by atoms with van der Waals surface area (Å²) < 4.78 is 7.34. The van der Waals surface area contributed by atoms with E-state index in [0.717, 1.165) is 39.0 Å². The number of carbonyl (C=O) groups excluding carboxylic acids is 1. The van der Waals surface area contributed by atoms with E-state index in [9.17, 15) is 4.79 Å². The molecule has 0 bridgehead atoms. The van der Waals surface area contributed by atoms with E-state index in [-0.39, 0.29) is 6.61 Å². The van der Waals surface area contributed by atoms with Gasteiger partial charge in [0.25, 0.3) is 0 Å². The average Bonchev–Trinajstić information content (AvgIpc) is 2.30. The monoisotopic (exact) mass is 242 g/mol. The lowest BCUT2D eigenvalue weighted by Crippen LogP contribution is -2.38. The Morgan fingerprint density at radius 3 is 2.94 bits per heavy atom. The first-order valence-electron chi connectivity index (χ1n) is 6.30. The first-order chi connectivity index (χ1) is 8.18. The summed E-state index contributed by atoms with van der Waals surface area (Å²) in [5, 5.41) is 0. The molecular formula is C12H24N3O2+. The van der Waals surface area contributed by atoms with Crippen LogP contribution in [0.5, 0.6) is 0 Å². The quantitative estimate of drug-likeness (QED) is 0.469. The van der Waals surface area contributed by atoms with Crippen molar-refractivity contribution in [3.63, 3.8) is 0 Å². The molecule has 5 nitrogen and oxygen atoms in total. The third kappa shape index (κ3) is 7.07. The summed E-state index contributed by atoms with van der Waals surface area (Å²) in [6.45, 7) is 5.19. The van der Waals surface area contributed by atoms with Crippen molar-refractivity contribution in [3.8, 4) is 0 Å². The zero-order valence-corrected chi connectivity index (χ0v) is 10.7. The van der Waals surface area contributed by atoms with Crippen LogP contribution < -0.4 is 5.73 Å². The van der Waals surface area contributed by atoms with Crippen LogP contribution in [0.25, 0.3) is 0 Å². The van der Waals surface area contributed by atoms with Crippen LogP contribution in [0.3, 0.4) is 0 Å². The van der Waals surface area contributed by atoms with Crippen molar-refractivity contribution in [1.82, 2.24) is 4.90 Å². The molecule has 98 valence electrons. The molecule has 0 spiro atoms. The molecule has 2 N–H and O–H groups in total. The summed E-state index contributed by atoms with van der Waals surface area (Å²) in [6.07, 6.45) is 5.58. The van der Waals surface area contributed by atoms with E-state index >= 15 is 0 Å². The number of hydrogen-bond acceptors (Lipinski definition) is 3. The first kappa shape index (κ1) is 14.1.